The van der Waals surface area contributed by atoms with Crippen LogP contribution in [-0.4, -0.2) is 29.5 Å². The van der Waals surface area contributed by atoms with Crippen molar-refractivity contribution in [1.29, 1.82) is 0 Å². The maximum atomic E-state index is 11.4. The summed E-state index contributed by atoms with van der Waals surface area (Å²) in [5.74, 6) is 0.136. The van der Waals surface area contributed by atoms with Gasteiger partial charge in [0.1, 0.15) is 10.4 Å². The summed E-state index contributed by atoms with van der Waals surface area (Å²) >= 11 is 2.92. The standard InChI is InChI=1S/C9H12BrNO3S/c1-11(15(13,14)7-10)6-8-3-2-4-9(12)5-8/h2-5,12H,6-7H2,1H3. The van der Waals surface area contributed by atoms with Crippen LogP contribution < -0.4 is 0 Å². The Kier molecular flexibility index (Phi) is 4.12. The predicted octanol–water partition coefficient (Wildman–Crippen LogP) is 1.51. The van der Waals surface area contributed by atoms with Gasteiger partial charge in [-0.05, 0) is 17.7 Å². The summed E-state index contributed by atoms with van der Waals surface area (Å²) < 4.78 is 23.9. The van der Waals surface area contributed by atoms with E-state index in [0.717, 1.165) is 5.56 Å². The number of sulfonamides is 1. The zero-order chi connectivity index (χ0) is 11.5. The number of aromatic hydroxyl groups is 1. The molecule has 0 fully saturated rings. The lowest BCUT2D eigenvalue weighted by atomic mass is 10.2. The predicted molar refractivity (Wildman–Crippen MR) is 62.3 cm³/mol. The first-order chi connectivity index (χ1) is 6.95. The lowest BCUT2D eigenvalue weighted by Crippen LogP contribution is -2.26. The van der Waals surface area contributed by atoms with Gasteiger partial charge in [0.05, 0.1) is 0 Å². The summed E-state index contributed by atoms with van der Waals surface area (Å²) in [7, 11) is -1.74. The molecule has 0 aliphatic carbocycles. The van der Waals surface area contributed by atoms with Crippen molar-refractivity contribution in [3.05, 3.63) is 29.8 Å². The molecule has 1 rings (SSSR count). The van der Waals surface area contributed by atoms with Crippen LogP contribution in [0.5, 0.6) is 5.75 Å². The van der Waals surface area contributed by atoms with Gasteiger partial charge < -0.3 is 5.11 Å². The topological polar surface area (TPSA) is 57.6 Å². The molecule has 15 heavy (non-hydrogen) atoms. The van der Waals surface area contributed by atoms with Crippen molar-refractivity contribution in [2.45, 2.75) is 6.54 Å². The second-order valence-electron chi connectivity index (χ2n) is 3.15. The zero-order valence-corrected chi connectivity index (χ0v) is 10.6. The van der Waals surface area contributed by atoms with Gasteiger partial charge >= 0.3 is 0 Å². The summed E-state index contributed by atoms with van der Waals surface area (Å²) in [6.07, 6.45) is 0. The summed E-state index contributed by atoms with van der Waals surface area (Å²) in [5, 5.41) is 9.21. The number of phenolic OH excluding ortho intramolecular Hbond substituents is 1. The minimum Gasteiger partial charge on any atom is -0.508 e. The zero-order valence-electron chi connectivity index (χ0n) is 8.22. The van der Waals surface area contributed by atoms with Gasteiger partial charge in [0.2, 0.25) is 10.0 Å². The van der Waals surface area contributed by atoms with Gasteiger partial charge in [-0.2, -0.15) is 4.31 Å². The number of halogens is 1. The molecule has 6 heteroatoms. The van der Waals surface area contributed by atoms with Crippen molar-refractivity contribution >= 4 is 26.0 Å². The Morgan fingerprint density at radius 2 is 2.13 bits per heavy atom. The van der Waals surface area contributed by atoms with E-state index in [-0.39, 0.29) is 17.0 Å². The molecule has 0 heterocycles. The molecule has 0 aromatic heterocycles. The fraction of sp³-hybridized carbons (Fsp3) is 0.333. The normalized spacial score (nSPS) is 11.9. The fourth-order valence-electron chi connectivity index (χ4n) is 1.09. The van der Waals surface area contributed by atoms with Gasteiger partial charge in [0.25, 0.3) is 0 Å². The average Bonchev–Trinajstić information content (AvgIpc) is 2.17. The monoisotopic (exact) mass is 293 g/mol. The van der Waals surface area contributed by atoms with E-state index in [1.807, 2.05) is 0 Å². The molecule has 0 saturated heterocycles. The smallest absolute Gasteiger partial charge is 0.224 e. The Balaban J connectivity index is 2.79. The summed E-state index contributed by atoms with van der Waals surface area (Å²) in [4.78, 5) is 0. The van der Waals surface area contributed by atoms with E-state index in [1.165, 1.54) is 11.4 Å². The molecule has 84 valence electrons. The molecule has 1 aromatic carbocycles. The number of rotatable bonds is 4. The van der Waals surface area contributed by atoms with Crippen LogP contribution in [0.4, 0.5) is 0 Å². The molecule has 0 aliphatic heterocycles. The molecule has 0 radical (unpaired) electrons. The summed E-state index contributed by atoms with van der Waals surface area (Å²) in [6.45, 7) is 0.252. The molecule has 0 unspecified atom stereocenters. The maximum Gasteiger partial charge on any atom is 0.224 e. The van der Waals surface area contributed by atoms with Gasteiger partial charge in [-0.3, -0.25) is 0 Å². The van der Waals surface area contributed by atoms with E-state index in [2.05, 4.69) is 15.9 Å². The molecule has 0 spiro atoms. The van der Waals surface area contributed by atoms with E-state index in [4.69, 9.17) is 0 Å². The van der Waals surface area contributed by atoms with Crippen LogP contribution in [0.25, 0.3) is 0 Å². The maximum absolute atomic E-state index is 11.4. The van der Waals surface area contributed by atoms with Crippen LogP contribution >= 0.6 is 15.9 Å². The van der Waals surface area contributed by atoms with E-state index in [9.17, 15) is 13.5 Å². The lowest BCUT2D eigenvalue weighted by Gasteiger charge is -2.15. The number of nitrogens with zero attached hydrogens (tertiary/aromatic N) is 1. The van der Waals surface area contributed by atoms with Crippen molar-refractivity contribution in [2.75, 3.05) is 11.7 Å². The van der Waals surface area contributed by atoms with Crippen LogP contribution in [0.2, 0.25) is 0 Å². The second-order valence-corrected chi connectivity index (χ2v) is 6.53. The van der Waals surface area contributed by atoms with E-state index < -0.39 is 10.0 Å². The van der Waals surface area contributed by atoms with Crippen LogP contribution in [0.1, 0.15) is 5.56 Å². The second kappa shape index (κ2) is 4.96. The summed E-state index contributed by atoms with van der Waals surface area (Å²) in [6, 6.07) is 6.53. The number of hydrogen-bond donors (Lipinski definition) is 1. The number of alkyl halides is 1. The Bertz CT molecular complexity index is 433. The van der Waals surface area contributed by atoms with Crippen LogP contribution in [-0.2, 0) is 16.6 Å². The highest BCUT2D eigenvalue weighted by Crippen LogP contribution is 2.14. The van der Waals surface area contributed by atoms with E-state index >= 15 is 0 Å². The van der Waals surface area contributed by atoms with Gasteiger partial charge in [-0.15, -0.1) is 0 Å². The van der Waals surface area contributed by atoms with Crippen molar-refractivity contribution in [3.63, 3.8) is 0 Å². The average molecular weight is 294 g/mol. The van der Waals surface area contributed by atoms with Gasteiger partial charge in [-0.1, -0.05) is 28.1 Å². The molecule has 0 atom stereocenters. The third-order valence-corrected chi connectivity index (χ3v) is 5.02. The first kappa shape index (κ1) is 12.5. The number of benzene rings is 1. The van der Waals surface area contributed by atoms with Crippen molar-refractivity contribution in [1.82, 2.24) is 4.31 Å². The molecule has 0 bridgehead atoms. The van der Waals surface area contributed by atoms with Crippen molar-refractivity contribution < 1.29 is 13.5 Å². The number of phenols is 1. The highest BCUT2D eigenvalue weighted by Gasteiger charge is 2.15. The Hall–Kier alpha value is -0.590. The fourth-order valence-corrected chi connectivity index (χ4v) is 2.65. The molecule has 1 aromatic rings. The van der Waals surface area contributed by atoms with Crippen LogP contribution in [0.3, 0.4) is 0 Å². The Morgan fingerprint density at radius 3 is 2.67 bits per heavy atom. The molecular formula is C9H12BrNO3S. The first-order valence-electron chi connectivity index (χ1n) is 4.23. The Labute approximate surface area is 97.7 Å². The minimum absolute atomic E-state index is 0.102. The van der Waals surface area contributed by atoms with Crippen molar-refractivity contribution in [3.8, 4) is 5.75 Å². The van der Waals surface area contributed by atoms with E-state index in [1.54, 1.807) is 24.3 Å². The third kappa shape index (κ3) is 3.48. The Morgan fingerprint density at radius 1 is 1.47 bits per heavy atom. The van der Waals surface area contributed by atoms with Gasteiger partial charge in [-0.25, -0.2) is 8.42 Å². The largest absolute Gasteiger partial charge is 0.508 e. The first-order valence-corrected chi connectivity index (χ1v) is 6.96. The molecule has 0 aliphatic rings. The molecule has 4 nitrogen and oxygen atoms in total. The SMILES string of the molecule is CN(Cc1cccc(O)c1)S(=O)(=O)CBr. The quantitative estimate of drug-likeness (QED) is 0.856. The summed E-state index contributed by atoms with van der Waals surface area (Å²) in [5.41, 5.74) is 0.752. The molecule has 0 amide bonds. The number of hydrogen-bond acceptors (Lipinski definition) is 3. The highest BCUT2D eigenvalue weighted by atomic mass is 79.9. The third-order valence-electron chi connectivity index (χ3n) is 1.93. The molecule has 0 saturated carbocycles. The molecular weight excluding hydrogens is 282 g/mol. The van der Waals surface area contributed by atoms with E-state index in [0.29, 0.717) is 0 Å². The van der Waals surface area contributed by atoms with Crippen LogP contribution in [0.15, 0.2) is 24.3 Å². The van der Waals surface area contributed by atoms with Gasteiger partial charge in [0.15, 0.2) is 0 Å². The lowest BCUT2D eigenvalue weighted by molar-refractivity contribution is 0.461. The highest BCUT2D eigenvalue weighted by molar-refractivity contribution is 9.10. The molecule has 1 N–H and O–H groups in total. The van der Waals surface area contributed by atoms with Crippen LogP contribution in [0, 0.1) is 0 Å². The minimum atomic E-state index is -3.24. The van der Waals surface area contributed by atoms with Crippen molar-refractivity contribution in [2.24, 2.45) is 0 Å². The van der Waals surface area contributed by atoms with Gasteiger partial charge in [0, 0.05) is 13.6 Å².